The Bertz CT molecular complexity index is 482. The number of rotatable bonds is 5. The molecule has 0 unspecified atom stereocenters. The Morgan fingerprint density at radius 2 is 2.15 bits per heavy atom. The fourth-order valence-corrected chi connectivity index (χ4v) is 2.87. The van der Waals surface area contributed by atoms with Gasteiger partial charge in [0.05, 0.1) is 12.7 Å². The lowest BCUT2D eigenvalue weighted by molar-refractivity contribution is 0.237. The Kier molecular flexibility index (Phi) is 4.84. The first-order valence-corrected chi connectivity index (χ1v) is 7.00. The maximum atomic E-state index is 8.85. The van der Waals surface area contributed by atoms with Gasteiger partial charge < -0.3 is 15.7 Å². The molecule has 1 aliphatic rings. The lowest BCUT2D eigenvalue weighted by Gasteiger charge is -2.24. The van der Waals surface area contributed by atoms with Crippen molar-refractivity contribution in [3.63, 3.8) is 0 Å². The molecular formula is C15H23N3O2. The average Bonchev–Trinajstić information content (AvgIpc) is 3.00. The molecule has 2 rings (SSSR count). The number of benzene rings is 1. The zero-order valence-corrected chi connectivity index (χ0v) is 12.2. The molecule has 110 valence electrons. The lowest BCUT2D eigenvalue weighted by atomic mass is 10.1. The van der Waals surface area contributed by atoms with E-state index >= 15 is 0 Å². The quantitative estimate of drug-likeness (QED) is 0.374. The predicted octanol–water partition coefficient (Wildman–Crippen LogP) is 2.16. The van der Waals surface area contributed by atoms with E-state index in [9.17, 15) is 0 Å². The smallest absolute Gasteiger partial charge is 0.173 e. The molecule has 1 saturated carbocycles. The number of nitrogens with zero attached hydrogens (tertiary/aromatic N) is 2. The minimum Gasteiger partial charge on any atom is -0.496 e. The highest BCUT2D eigenvalue weighted by Gasteiger charge is 2.20. The Hall–Kier alpha value is -1.75. The summed E-state index contributed by atoms with van der Waals surface area (Å²) >= 11 is 0. The Balaban J connectivity index is 2.16. The van der Waals surface area contributed by atoms with E-state index in [-0.39, 0.29) is 5.84 Å². The van der Waals surface area contributed by atoms with Crippen molar-refractivity contribution in [2.75, 3.05) is 14.2 Å². The summed E-state index contributed by atoms with van der Waals surface area (Å²) in [7, 11) is 3.73. The van der Waals surface area contributed by atoms with E-state index in [2.05, 4.69) is 17.1 Å². The first-order chi connectivity index (χ1) is 9.65. The number of nitrogens with two attached hydrogens (primary N) is 1. The maximum Gasteiger partial charge on any atom is 0.173 e. The number of methoxy groups -OCH3 is 1. The molecule has 1 aromatic rings. The summed E-state index contributed by atoms with van der Waals surface area (Å²) in [5.41, 5.74) is 7.47. The molecule has 0 aliphatic heterocycles. The third-order valence-corrected chi connectivity index (χ3v) is 4.03. The van der Waals surface area contributed by atoms with Gasteiger partial charge in [0.2, 0.25) is 0 Å². The van der Waals surface area contributed by atoms with Crippen LogP contribution in [0.2, 0.25) is 0 Å². The second-order valence-electron chi connectivity index (χ2n) is 5.37. The van der Waals surface area contributed by atoms with E-state index in [1.165, 1.54) is 25.7 Å². The molecule has 0 radical (unpaired) electrons. The molecular weight excluding hydrogens is 254 g/mol. The van der Waals surface area contributed by atoms with Gasteiger partial charge in [-0.3, -0.25) is 4.90 Å². The summed E-state index contributed by atoms with van der Waals surface area (Å²) in [6.07, 6.45) is 5.21. The van der Waals surface area contributed by atoms with Crippen LogP contribution in [0.3, 0.4) is 0 Å². The minimum absolute atomic E-state index is 0.0761. The largest absolute Gasteiger partial charge is 0.496 e. The van der Waals surface area contributed by atoms with Crippen LogP contribution < -0.4 is 10.5 Å². The second kappa shape index (κ2) is 6.61. The van der Waals surface area contributed by atoms with Gasteiger partial charge in [0.15, 0.2) is 5.84 Å². The number of hydrogen-bond donors (Lipinski definition) is 2. The van der Waals surface area contributed by atoms with Crippen molar-refractivity contribution < 1.29 is 9.94 Å². The summed E-state index contributed by atoms with van der Waals surface area (Å²) in [5.74, 6) is 0.694. The molecule has 0 heterocycles. The van der Waals surface area contributed by atoms with E-state index in [0.29, 0.717) is 17.4 Å². The van der Waals surface area contributed by atoms with E-state index in [4.69, 9.17) is 15.7 Å². The van der Waals surface area contributed by atoms with E-state index in [1.54, 1.807) is 7.11 Å². The van der Waals surface area contributed by atoms with Crippen LogP contribution in [0.1, 0.15) is 36.8 Å². The second-order valence-corrected chi connectivity index (χ2v) is 5.37. The highest BCUT2D eigenvalue weighted by Crippen LogP contribution is 2.25. The fourth-order valence-electron chi connectivity index (χ4n) is 2.87. The summed E-state index contributed by atoms with van der Waals surface area (Å²) in [4.78, 5) is 2.38. The van der Waals surface area contributed by atoms with Crippen LogP contribution in [-0.4, -0.2) is 36.1 Å². The molecule has 0 atom stereocenters. The molecule has 5 nitrogen and oxygen atoms in total. The number of amidine groups is 1. The molecule has 0 bridgehead atoms. The van der Waals surface area contributed by atoms with Gasteiger partial charge in [-0.25, -0.2) is 0 Å². The third-order valence-electron chi connectivity index (χ3n) is 4.03. The van der Waals surface area contributed by atoms with Crippen LogP contribution in [0.25, 0.3) is 0 Å². The van der Waals surface area contributed by atoms with Crippen molar-refractivity contribution in [1.29, 1.82) is 0 Å². The van der Waals surface area contributed by atoms with Gasteiger partial charge in [0, 0.05) is 12.6 Å². The van der Waals surface area contributed by atoms with Crippen molar-refractivity contribution >= 4 is 5.84 Å². The van der Waals surface area contributed by atoms with Crippen LogP contribution in [0.5, 0.6) is 5.75 Å². The summed E-state index contributed by atoms with van der Waals surface area (Å²) < 4.78 is 5.24. The molecule has 0 aromatic heterocycles. The van der Waals surface area contributed by atoms with Crippen molar-refractivity contribution in [3.05, 3.63) is 29.3 Å². The van der Waals surface area contributed by atoms with E-state index in [1.807, 2.05) is 18.2 Å². The summed E-state index contributed by atoms with van der Waals surface area (Å²) in [6, 6.07) is 6.49. The van der Waals surface area contributed by atoms with Crippen molar-refractivity contribution in [3.8, 4) is 5.75 Å². The van der Waals surface area contributed by atoms with Gasteiger partial charge in [-0.15, -0.1) is 0 Å². The SMILES string of the molecule is COc1ccc(CN(C)C2CCCC2)cc1C(N)=NO. The Morgan fingerprint density at radius 1 is 1.45 bits per heavy atom. The Labute approximate surface area is 120 Å². The fraction of sp³-hybridized carbons (Fsp3) is 0.533. The predicted molar refractivity (Wildman–Crippen MR) is 79.2 cm³/mol. The van der Waals surface area contributed by atoms with Gasteiger partial charge in [0.1, 0.15) is 5.75 Å². The summed E-state index contributed by atoms with van der Waals surface area (Å²) in [5, 5.41) is 11.9. The summed E-state index contributed by atoms with van der Waals surface area (Å²) in [6.45, 7) is 0.861. The normalized spacial score (nSPS) is 16.9. The van der Waals surface area contributed by atoms with E-state index < -0.39 is 0 Å². The highest BCUT2D eigenvalue weighted by atomic mass is 16.5. The van der Waals surface area contributed by atoms with Gasteiger partial charge in [-0.05, 0) is 37.6 Å². The van der Waals surface area contributed by atoms with Gasteiger partial charge in [-0.2, -0.15) is 0 Å². The minimum atomic E-state index is 0.0761. The lowest BCUT2D eigenvalue weighted by Crippen LogP contribution is -2.28. The third kappa shape index (κ3) is 3.22. The Morgan fingerprint density at radius 3 is 2.75 bits per heavy atom. The molecule has 1 fully saturated rings. The average molecular weight is 277 g/mol. The number of hydrogen-bond acceptors (Lipinski definition) is 4. The van der Waals surface area contributed by atoms with Crippen LogP contribution in [0, 0.1) is 0 Å². The number of oxime groups is 1. The number of ether oxygens (including phenoxy) is 1. The van der Waals surface area contributed by atoms with Crippen LogP contribution in [0.15, 0.2) is 23.4 Å². The first-order valence-electron chi connectivity index (χ1n) is 7.00. The van der Waals surface area contributed by atoms with Crippen molar-refractivity contribution in [1.82, 2.24) is 4.90 Å². The van der Waals surface area contributed by atoms with Crippen LogP contribution >= 0.6 is 0 Å². The zero-order chi connectivity index (χ0) is 14.5. The van der Waals surface area contributed by atoms with Gasteiger partial charge in [0.25, 0.3) is 0 Å². The molecule has 0 saturated heterocycles. The highest BCUT2D eigenvalue weighted by molar-refractivity contribution is 5.99. The monoisotopic (exact) mass is 277 g/mol. The maximum absolute atomic E-state index is 8.85. The molecule has 1 aliphatic carbocycles. The van der Waals surface area contributed by atoms with Gasteiger partial charge in [-0.1, -0.05) is 24.1 Å². The molecule has 20 heavy (non-hydrogen) atoms. The topological polar surface area (TPSA) is 71.1 Å². The van der Waals surface area contributed by atoms with Crippen LogP contribution in [0.4, 0.5) is 0 Å². The standard InChI is InChI=1S/C15H23N3O2/c1-18(12-5-3-4-6-12)10-11-7-8-14(20-2)13(9-11)15(16)17-19/h7-9,12,19H,3-6,10H2,1-2H3,(H2,16,17). The molecule has 0 spiro atoms. The zero-order valence-electron chi connectivity index (χ0n) is 12.2. The molecule has 0 amide bonds. The molecule has 5 heteroatoms. The van der Waals surface area contributed by atoms with Crippen molar-refractivity contribution in [2.45, 2.75) is 38.3 Å². The first kappa shape index (κ1) is 14.7. The van der Waals surface area contributed by atoms with Crippen molar-refractivity contribution in [2.24, 2.45) is 10.9 Å². The van der Waals surface area contributed by atoms with Gasteiger partial charge >= 0.3 is 0 Å². The van der Waals surface area contributed by atoms with Crippen LogP contribution in [-0.2, 0) is 6.54 Å². The van der Waals surface area contributed by atoms with E-state index in [0.717, 1.165) is 12.1 Å². The molecule has 3 N–H and O–H groups in total. The molecule has 1 aromatic carbocycles.